The van der Waals surface area contributed by atoms with Crippen LogP contribution in [0.3, 0.4) is 0 Å². The molecule has 200 valence electrons. The zero-order chi connectivity index (χ0) is 27.1. The van der Waals surface area contributed by atoms with Gasteiger partial charge in [0.25, 0.3) is 11.7 Å². The number of Topliss-reactive ketones (excluding diaryl/α,β-unsaturated/α-hetero) is 1. The third-order valence-electron chi connectivity index (χ3n) is 6.74. The van der Waals surface area contributed by atoms with Gasteiger partial charge >= 0.3 is 0 Å². The van der Waals surface area contributed by atoms with Crippen LogP contribution >= 0.6 is 0 Å². The van der Waals surface area contributed by atoms with Crippen LogP contribution in [-0.4, -0.2) is 73.6 Å². The van der Waals surface area contributed by atoms with Crippen LogP contribution in [0.2, 0.25) is 0 Å². The molecule has 1 aliphatic rings. The van der Waals surface area contributed by atoms with E-state index in [1.807, 2.05) is 19.9 Å². The van der Waals surface area contributed by atoms with Crippen LogP contribution in [0, 0.1) is 6.92 Å². The van der Waals surface area contributed by atoms with Crippen molar-refractivity contribution in [2.24, 2.45) is 0 Å². The summed E-state index contributed by atoms with van der Waals surface area (Å²) in [4.78, 5) is 30.4. The molecule has 0 unspecified atom stereocenters. The smallest absolute Gasteiger partial charge is 0.295 e. The lowest BCUT2D eigenvalue weighted by Gasteiger charge is -2.28. The fourth-order valence-electron chi connectivity index (χ4n) is 4.63. The molecule has 1 atom stereocenters. The Labute approximate surface area is 219 Å². The minimum Gasteiger partial charge on any atom is -0.507 e. The summed E-state index contributed by atoms with van der Waals surface area (Å²) in [5, 5.41) is 11.5. The van der Waals surface area contributed by atoms with E-state index in [-0.39, 0.29) is 11.3 Å². The molecule has 1 aliphatic heterocycles. The summed E-state index contributed by atoms with van der Waals surface area (Å²) in [6, 6.07) is 9.83. The van der Waals surface area contributed by atoms with Crippen molar-refractivity contribution in [1.29, 1.82) is 0 Å². The van der Waals surface area contributed by atoms with Crippen LogP contribution in [0.5, 0.6) is 17.2 Å². The first-order chi connectivity index (χ1) is 17.8. The first-order valence-electron chi connectivity index (χ1n) is 12.8. The number of hydrogen-bond acceptors (Lipinski definition) is 7. The normalized spacial score (nSPS) is 16.9. The van der Waals surface area contributed by atoms with E-state index >= 15 is 0 Å². The van der Waals surface area contributed by atoms with Gasteiger partial charge in [0.15, 0.2) is 11.5 Å². The number of amides is 1. The molecule has 0 radical (unpaired) electrons. The second kappa shape index (κ2) is 12.6. The first-order valence-corrected chi connectivity index (χ1v) is 12.8. The summed E-state index contributed by atoms with van der Waals surface area (Å²) in [7, 11) is 3.08. The number of benzene rings is 2. The number of aryl methyl sites for hydroxylation is 1. The summed E-state index contributed by atoms with van der Waals surface area (Å²) in [6.07, 6.45) is 0.878. The SMILES string of the molecule is CCCOc1ccc(C(O)=C2C(=O)C(=O)N(CCN(CC)CC)[C@H]2c2ccc(OC)c(OC)c2)c(C)c1. The van der Waals surface area contributed by atoms with Crippen LogP contribution in [0.4, 0.5) is 0 Å². The number of ketones is 1. The van der Waals surface area contributed by atoms with Gasteiger partial charge in [0.05, 0.1) is 32.4 Å². The average Bonchev–Trinajstić information content (AvgIpc) is 3.16. The molecule has 8 nitrogen and oxygen atoms in total. The highest BCUT2D eigenvalue weighted by Crippen LogP contribution is 2.42. The number of nitrogens with zero attached hydrogens (tertiary/aromatic N) is 2. The number of methoxy groups -OCH3 is 2. The predicted molar refractivity (Wildman–Crippen MR) is 143 cm³/mol. The maximum Gasteiger partial charge on any atom is 0.295 e. The Morgan fingerprint density at radius 1 is 1.00 bits per heavy atom. The highest BCUT2D eigenvalue weighted by molar-refractivity contribution is 6.46. The number of hydrogen-bond donors (Lipinski definition) is 1. The third kappa shape index (κ3) is 5.91. The highest BCUT2D eigenvalue weighted by Gasteiger charge is 2.46. The monoisotopic (exact) mass is 510 g/mol. The van der Waals surface area contributed by atoms with Crippen LogP contribution < -0.4 is 14.2 Å². The lowest BCUT2D eigenvalue weighted by molar-refractivity contribution is -0.140. The predicted octanol–water partition coefficient (Wildman–Crippen LogP) is 4.56. The van der Waals surface area contributed by atoms with Gasteiger partial charge in [-0.2, -0.15) is 0 Å². The number of ether oxygens (including phenoxy) is 3. The van der Waals surface area contributed by atoms with Gasteiger partial charge in [0.2, 0.25) is 0 Å². The Hall–Kier alpha value is -3.52. The summed E-state index contributed by atoms with van der Waals surface area (Å²) in [5.74, 6) is 0.152. The summed E-state index contributed by atoms with van der Waals surface area (Å²) in [5.41, 5.74) is 1.93. The molecule has 0 aromatic heterocycles. The molecule has 8 heteroatoms. The highest BCUT2D eigenvalue weighted by atomic mass is 16.5. The van der Waals surface area contributed by atoms with Crippen molar-refractivity contribution in [1.82, 2.24) is 9.80 Å². The van der Waals surface area contributed by atoms with Crippen molar-refractivity contribution in [2.75, 3.05) is 47.0 Å². The molecule has 1 N–H and O–H groups in total. The minimum atomic E-state index is -0.772. The fourth-order valence-corrected chi connectivity index (χ4v) is 4.63. The van der Waals surface area contributed by atoms with Gasteiger partial charge in [-0.25, -0.2) is 0 Å². The number of rotatable bonds is 12. The van der Waals surface area contributed by atoms with E-state index < -0.39 is 17.7 Å². The molecule has 0 bridgehead atoms. The van der Waals surface area contributed by atoms with E-state index in [4.69, 9.17) is 14.2 Å². The van der Waals surface area contributed by atoms with Crippen molar-refractivity contribution in [3.63, 3.8) is 0 Å². The molecule has 0 saturated carbocycles. The van der Waals surface area contributed by atoms with Gasteiger partial charge < -0.3 is 29.1 Å². The lowest BCUT2D eigenvalue weighted by atomic mass is 9.93. The van der Waals surface area contributed by atoms with E-state index in [0.717, 1.165) is 25.1 Å². The number of likely N-dealkylation sites (N-methyl/N-ethyl adjacent to an activating group) is 1. The lowest BCUT2D eigenvalue weighted by Crippen LogP contribution is -2.38. The summed E-state index contributed by atoms with van der Waals surface area (Å²) >= 11 is 0. The topological polar surface area (TPSA) is 88.5 Å². The molecule has 1 heterocycles. The van der Waals surface area contributed by atoms with Crippen LogP contribution in [0.15, 0.2) is 42.0 Å². The molecule has 37 heavy (non-hydrogen) atoms. The molecule has 1 fully saturated rings. The van der Waals surface area contributed by atoms with E-state index in [0.29, 0.717) is 48.1 Å². The van der Waals surface area contributed by atoms with Crippen LogP contribution in [0.1, 0.15) is 49.9 Å². The maximum absolute atomic E-state index is 13.4. The molecular weight excluding hydrogens is 472 g/mol. The molecule has 2 aromatic carbocycles. The Morgan fingerprint density at radius 2 is 1.70 bits per heavy atom. The fraction of sp³-hybridized carbons (Fsp3) is 0.448. The van der Waals surface area contributed by atoms with Crippen LogP contribution in [0.25, 0.3) is 5.76 Å². The number of aliphatic hydroxyl groups is 1. The van der Waals surface area contributed by atoms with Gasteiger partial charge in [0, 0.05) is 18.7 Å². The maximum atomic E-state index is 13.4. The van der Waals surface area contributed by atoms with Crippen molar-refractivity contribution in [2.45, 2.75) is 40.2 Å². The van der Waals surface area contributed by atoms with Gasteiger partial charge in [-0.1, -0.05) is 26.8 Å². The Bertz CT molecular complexity index is 1160. The van der Waals surface area contributed by atoms with E-state index in [9.17, 15) is 14.7 Å². The molecule has 1 saturated heterocycles. The van der Waals surface area contributed by atoms with E-state index in [2.05, 4.69) is 18.7 Å². The van der Waals surface area contributed by atoms with Gasteiger partial charge in [-0.05, 0) is 67.9 Å². The largest absolute Gasteiger partial charge is 0.507 e. The van der Waals surface area contributed by atoms with Crippen molar-refractivity contribution < 1.29 is 28.9 Å². The van der Waals surface area contributed by atoms with E-state index in [1.54, 1.807) is 42.3 Å². The number of carbonyl (C=O) groups excluding carboxylic acids is 2. The molecule has 0 spiro atoms. The first kappa shape index (κ1) is 28.1. The van der Waals surface area contributed by atoms with Crippen molar-refractivity contribution >= 4 is 17.4 Å². The quantitative estimate of drug-likeness (QED) is 0.254. The summed E-state index contributed by atoms with van der Waals surface area (Å²) < 4.78 is 16.6. The van der Waals surface area contributed by atoms with Crippen molar-refractivity contribution in [3.8, 4) is 17.2 Å². The van der Waals surface area contributed by atoms with E-state index in [1.165, 1.54) is 7.11 Å². The second-order valence-electron chi connectivity index (χ2n) is 8.96. The summed E-state index contributed by atoms with van der Waals surface area (Å²) in [6.45, 7) is 11.2. The Morgan fingerprint density at radius 3 is 2.30 bits per heavy atom. The van der Waals surface area contributed by atoms with Gasteiger partial charge in [-0.15, -0.1) is 0 Å². The molecule has 2 aromatic rings. The molecule has 0 aliphatic carbocycles. The average molecular weight is 511 g/mol. The zero-order valence-electron chi connectivity index (χ0n) is 22.7. The van der Waals surface area contributed by atoms with Crippen molar-refractivity contribution in [3.05, 3.63) is 58.7 Å². The number of likely N-dealkylation sites (tertiary alicyclic amines) is 1. The second-order valence-corrected chi connectivity index (χ2v) is 8.96. The van der Waals surface area contributed by atoms with Gasteiger partial charge in [-0.3, -0.25) is 9.59 Å². The molecule has 3 rings (SSSR count). The van der Waals surface area contributed by atoms with Crippen LogP contribution in [-0.2, 0) is 9.59 Å². The number of aliphatic hydroxyl groups excluding tert-OH is 1. The standard InChI is InChI=1S/C29H38N2O6/c1-7-16-37-21-11-12-22(19(4)17-21)27(32)25-26(20-10-13-23(35-5)24(18-20)36-6)31(29(34)28(25)33)15-14-30(8-2)9-3/h10-13,17-18,26,32H,7-9,14-16H2,1-6H3/t26-/m0/s1. The molecule has 1 amide bonds. The third-order valence-corrected chi connectivity index (χ3v) is 6.74. The Kier molecular flexibility index (Phi) is 9.58. The zero-order valence-corrected chi connectivity index (χ0v) is 22.7. The Balaban J connectivity index is 2.14. The minimum absolute atomic E-state index is 0.0575. The van der Waals surface area contributed by atoms with Gasteiger partial charge in [0.1, 0.15) is 11.5 Å². The molecular formula is C29H38N2O6. The number of carbonyl (C=O) groups is 2.